The zero-order valence-corrected chi connectivity index (χ0v) is 10.1. The summed E-state index contributed by atoms with van der Waals surface area (Å²) in [5, 5.41) is 12.1. The van der Waals surface area contributed by atoms with Crippen LogP contribution in [-0.2, 0) is 11.3 Å². The Morgan fingerprint density at radius 1 is 1.53 bits per heavy atom. The number of nitrogens with two attached hydrogens (primary N) is 1. The van der Waals surface area contributed by atoms with Crippen LogP contribution in [0.2, 0.25) is 0 Å². The van der Waals surface area contributed by atoms with E-state index in [-0.39, 0.29) is 11.9 Å². The number of rotatable bonds is 6. The number of hydrogen-bond donors (Lipinski definition) is 3. The zero-order chi connectivity index (χ0) is 12.8. The molecule has 0 radical (unpaired) electrons. The first kappa shape index (κ1) is 13.4. The second-order valence-corrected chi connectivity index (χ2v) is 4.03. The molecular formula is C11H18N4O2. The second kappa shape index (κ2) is 6.15. The van der Waals surface area contributed by atoms with Crippen LogP contribution in [0.25, 0.3) is 0 Å². The summed E-state index contributed by atoms with van der Waals surface area (Å²) in [5.41, 5.74) is 6.18. The van der Waals surface area contributed by atoms with Gasteiger partial charge < -0.3 is 10.8 Å². The average molecular weight is 238 g/mol. The van der Waals surface area contributed by atoms with Gasteiger partial charge in [-0.3, -0.25) is 10.1 Å². The van der Waals surface area contributed by atoms with Crippen molar-refractivity contribution >= 4 is 11.9 Å². The van der Waals surface area contributed by atoms with Crippen LogP contribution in [0.15, 0.2) is 12.4 Å². The molecule has 0 aliphatic rings. The Kier molecular flexibility index (Phi) is 4.84. The van der Waals surface area contributed by atoms with E-state index in [0.29, 0.717) is 6.54 Å². The van der Waals surface area contributed by atoms with Gasteiger partial charge in [-0.15, -0.1) is 0 Å². The van der Waals surface area contributed by atoms with E-state index in [0.717, 1.165) is 12.0 Å². The van der Waals surface area contributed by atoms with Crippen molar-refractivity contribution in [1.29, 1.82) is 0 Å². The first-order valence-corrected chi connectivity index (χ1v) is 5.57. The third-order valence-electron chi connectivity index (χ3n) is 2.73. The summed E-state index contributed by atoms with van der Waals surface area (Å²) >= 11 is 0. The van der Waals surface area contributed by atoms with Gasteiger partial charge in [0.25, 0.3) is 0 Å². The lowest BCUT2D eigenvalue weighted by atomic mass is 9.99. The average Bonchev–Trinajstić information content (AvgIpc) is 2.31. The Morgan fingerprint density at radius 2 is 2.12 bits per heavy atom. The molecule has 1 heterocycles. The molecule has 6 heteroatoms. The van der Waals surface area contributed by atoms with Crippen LogP contribution in [0.4, 0.5) is 5.95 Å². The molecule has 0 spiro atoms. The molecule has 6 nitrogen and oxygen atoms in total. The van der Waals surface area contributed by atoms with Gasteiger partial charge in [-0.1, -0.05) is 20.3 Å². The summed E-state index contributed by atoms with van der Waals surface area (Å²) in [6, 6.07) is -0.558. The maximum atomic E-state index is 11.1. The summed E-state index contributed by atoms with van der Waals surface area (Å²) in [6.45, 7) is 4.29. The van der Waals surface area contributed by atoms with Crippen LogP contribution in [-0.4, -0.2) is 27.1 Å². The van der Waals surface area contributed by atoms with Crippen molar-refractivity contribution in [1.82, 2.24) is 15.3 Å². The van der Waals surface area contributed by atoms with Gasteiger partial charge in [0.1, 0.15) is 6.04 Å². The molecule has 0 aliphatic carbocycles. The predicted octanol–water partition coefficient (Wildman–Crippen LogP) is 0.648. The van der Waals surface area contributed by atoms with Crippen LogP contribution in [0.5, 0.6) is 0 Å². The van der Waals surface area contributed by atoms with Gasteiger partial charge in [-0.2, -0.15) is 0 Å². The summed E-state index contributed by atoms with van der Waals surface area (Å²) in [4.78, 5) is 18.8. The molecule has 0 saturated heterocycles. The van der Waals surface area contributed by atoms with E-state index in [2.05, 4.69) is 15.3 Å². The predicted molar refractivity (Wildman–Crippen MR) is 64.2 cm³/mol. The van der Waals surface area contributed by atoms with Crippen LogP contribution in [0, 0.1) is 5.92 Å². The van der Waals surface area contributed by atoms with E-state index in [9.17, 15) is 4.79 Å². The van der Waals surface area contributed by atoms with Crippen molar-refractivity contribution in [2.45, 2.75) is 32.9 Å². The lowest BCUT2D eigenvalue weighted by Crippen LogP contribution is -2.41. The SMILES string of the molecule is CCC(C)C(NCc1cnc(N)nc1)C(=O)O. The minimum atomic E-state index is -0.837. The van der Waals surface area contributed by atoms with Gasteiger partial charge in [0.05, 0.1) is 0 Å². The van der Waals surface area contributed by atoms with E-state index >= 15 is 0 Å². The summed E-state index contributed by atoms with van der Waals surface area (Å²) in [7, 11) is 0. The Labute approximate surface area is 100 Å². The Bertz CT molecular complexity index is 366. The summed E-state index contributed by atoms with van der Waals surface area (Å²) in [5.74, 6) is -0.552. The molecule has 0 fully saturated rings. The van der Waals surface area contributed by atoms with Crippen LogP contribution < -0.4 is 11.1 Å². The highest BCUT2D eigenvalue weighted by atomic mass is 16.4. The lowest BCUT2D eigenvalue weighted by molar-refractivity contribution is -0.140. The number of nitrogens with zero attached hydrogens (tertiary/aromatic N) is 2. The highest BCUT2D eigenvalue weighted by molar-refractivity contribution is 5.73. The molecular weight excluding hydrogens is 220 g/mol. The van der Waals surface area contributed by atoms with Crippen molar-refractivity contribution in [2.24, 2.45) is 5.92 Å². The quantitative estimate of drug-likeness (QED) is 0.672. The molecule has 4 N–H and O–H groups in total. The standard InChI is InChI=1S/C11H18N4O2/c1-3-7(2)9(10(16)17)13-4-8-5-14-11(12)15-6-8/h5-7,9,13H,3-4H2,1-2H3,(H,16,17)(H2,12,14,15). The summed E-state index contributed by atoms with van der Waals surface area (Å²) in [6.07, 6.45) is 3.98. The molecule has 1 rings (SSSR count). The maximum absolute atomic E-state index is 11.1. The van der Waals surface area contributed by atoms with E-state index < -0.39 is 12.0 Å². The largest absolute Gasteiger partial charge is 0.480 e. The highest BCUT2D eigenvalue weighted by Gasteiger charge is 2.22. The van der Waals surface area contributed by atoms with Crippen molar-refractivity contribution < 1.29 is 9.90 Å². The molecule has 2 atom stereocenters. The lowest BCUT2D eigenvalue weighted by Gasteiger charge is -2.19. The molecule has 17 heavy (non-hydrogen) atoms. The second-order valence-electron chi connectivity index (χ2n) is 4.03. The first-order chi connectivity index (χ1) is 8.04. The Hall–Kier alpha value is -1.69. The van der Waals surface area contributed by atoms with E-state index in [4.69, 9.17) is 10.8 Å². The minimum Gasteiger partial charge on any atom is -0.480 e. The Morgan fingerprint density at radius 3 is 2.59 bits per heavy atom. The third-order valence-corrected chi connectivity index (χ3v) is 2.73. The normalized spacial score (nSPS) is 14.2. The molecule has 0 saturated carbocycles. The monoisotopic (exact) mass is 238 g/mol. The number of nitrogen functional groups attached to an aromatic ring is 1. The molecule has 0 aromatic carbocycles. The van der Waals surface area contributed by atoms with Gasteiger partial charge >= 0.3 is 5.97 Å². The fourth-order valence-electron chi connectivity index (χ4n) is 1.45. The first-order valence-electron chi connectivity index (χ1n) is 5.57. The van der Waals surface area contributed by atoms with Crippen LogP contribution >= 0.6 is 0 Å². The number of nitrogens with one attached hydrogen (secondary N) is 1. The molecule has 0 bridgehead atoms. The van der Waals surface area contributed by atoms with Crippen LogP contribution in [0.3, 0.4) is 0 Å². The number of anilines is 1. The molecule has 94 valence electrons. The van der Waals surface area contributed by atoms with Gasteiger partial charge in [-0.05, 0) is 5.92 Å². The third kappa shape index (κ3) is 3.99. The molecule has 2 unspecified atom stereocenters. The molecule has 1 aromatic heterocycles. The van der Waals surface area contributed by atoms with Crippen molar-refractivity contribution in [3.05, 3.63) is 18.0 Å². The van der Waals surface area contributed by atoms with E-state index in [1.54, 1.807) is 12.4 Å². The van der Waals surface area contributed by atoms with Crippen LogP contribution in [0.1, 0.15) is 25.8 Å². The number of carboxylic acids is 1. The van der Waals surface area contributed by atoms with Gasteiger partial charge in [0, 0.05) is 24.5 Å². The number of aromatic nitrogens is 2. The minimum absolute atomic E-state index is 0.0715. The van der Waals surface area contributed by atoms with E-state index in [1.807, 2.05) is 13.8 Å². The number of carbonyl (C=O) groups is 1. The molecule has 0 amide bonds. The highest BCUT2D eigenvalue weighted by Crippen LogP contribution is 2.09. The van der Waals surface area contributed by atoms with Gasteiger partial charge in [0.2, 0.25) is 5.95 Å². The fourth-order valence-corrected chi connectivity index (χ4v) is 1.45. The molecule has 1 aromatic rings. The van der Waals surface area contributed by atoms with Gasteiger partial charge in [0.15, 0.2) is 0 Å². The van der Waals surface area contributed by atoms with Gasteiger partial charge in [-0.25, -0.2) is 9.97 Å². The number of carboxylic acid groups (broad SMARTS) is 1. The number of aliphatic carboxylic acids is 1. The van der Waals surface area contributed by atoms with E-state index in [1.165, 1.54) is 0 Å². The topological polar surface area (TPSA) is 101 Å². The zero-order valence-electron chi connectivity index (χ0n) is 10.1. The van der Waals surface area contributed by atoms with Crippen molar-refractivity contribution in [3.8, 4) is 0 Å². The number of hydrogen-bond acceptors (Lipinski definition) is 5. The van der Waals surface area contributed by atoms with Crippen molar-refractivity contribution in [3.63, 3.8) is 0 Å². The Balaban J connectivity index is 2.57. The maximum Gasteiger partial charge on any atom is 0.320 e. The van der Waals surface area contributed by atoms with Crippen molar-refractivity contribution in [2.75, 3.05) is 5.73 Å². The fraction of sp³-hybridized carbons (Fsp3) is 0.545. The molecule has 0 aliphatic heterocycles. The summed E-state index contributed by atoms with van der Waals surface area (Å²) < 4.78 is 0. The smallest absolute Gasteiger partial charge is 0.320 e.